The highest BCUT2D eigenvalue weighted by Crippen LogP contribution is 2.30. The van der Waals surface area contributed by atoms with E-state index in [9.17, 15) is 22.8 Å². The third-order valence-electron chi connectivity index (χ3n) is 5.52. The minimum Gasteiger partial charge on any atom is -0.376 e. The number of nitrogens with zero attached hydrogens (tertiary/aromatic N) is 3. The van der Waals surface area contributed by atoms with Crippen LogP contribution < -0.4 is 15.5 Å². The number of halogens is 3. The molecular formula is C21H22F3N5O2. The average Bonchev–Trinajstić information content (AvgIpc) is 3.10. The molecule has 31 heavy (non-hydrogen) atoms. The van der Waals surface area contributed by atoms with E-state index in [1.54, 1.807) is 4.90 Å². The molecule has 1 aromatic carbocycles. The van der Waals surface area contributed by atoms with Crippen molar-refractivity contribution in [3.05, 3.63) is 47.7 Å². The molecule has 2 aliphatic rings. The maximum atomic E-state index is 12.7. The van der Waals surface area contributed by atoms with Crippen LogP contribution in [0.5, 0.6) is 0 Å². The average molecular weight is 433 g/mol. The molecule has 1 saturated heterocycles. The van der Waals surface area contributed by atoms with Crippen molar-refractivity contribution in [1.29, 1.82) is 0 Å². The van der Waals surface area contributed by atoms with Gasteiger partial charge < -0.3 is 20.4 Å². The molecule has 2 aromatic rings. The van der Waals surface area contributed by atoms with Crippen molar-refractivity contribution in [2.24, 2.45) is 0 Å². The lowest BCUT2D eigenvalue weighted by atomic mass is 10.1. The van der Waals surface area contributed by atoms with Crippen molar-refractivity contribution in [2.75, 3.05) is 41.7 Å². The lowest BCUT2D eigenvalue weighted by molar-refractivity contribution is -0.137. The van der Waals surface area contributed by atoms with Crippen molar-refractivity contribution in [2.45, 2.75) is 25.6 Å². The minimum atomic E-state index is -4.42. The predicted molar refractivity (Wildman–Crippen MR) is 110 cm³/mol. The second-order valence-corrected chi connectivity index (χ2v) is 7.74. The number of anilines is 3. The Bertz CT molecular complexity index is 993. The number of amides is 2. The number of piperazine rings is 1. The molecule has 2 aliphatic heterocycles. The number of alkyl halides is 3. The van der Waals surface area contributed by atoms with Gasteiger partial charge in [-0.1, -0.05) is 0 Å². The fourth-order valence-electron chi connectivity index (χ4n) is 3.88. The van der Waals surface area contributed by atoms with E-state index in [-0.39, 0.29) is 24.4 Å². The van der Waals surface area contributed by atoms with Crippen LogP contribution in [0.4, 0.5) is 30.4 Å². The van der Waals surface area contributed by atoms with Crippen LogP contribution in [0.15, 0.2) is 36.5 Å². The van der Waals surface area contributed by atoms with Crippen LogP contribution in [0.2, 0.25) is 0 Å². The number of benzene rings is 1. The Kier molecular flexibility index (Phi) is 5.47. The van der Waals surface area contributed by atoms with E-state index in [1.165, 1.54) is 6.07 Å². The lowest BCUT2D eigenvalue weighted by Crippen LogP contribution is -2.55. The standard InChI is InChI=1S/C21H22F3N5O2/c1-13-12-28(6-7-29(13)18-5-2-15(10-26-18)21(22,23)24)20(31)11-25-16-3-4-17-14(8-16)9-19(30)27-17/h2-5,8,10,13,25H,6-7,9,11-12H2,1H3,(H,27,30)/t13-/m1/s1. The summed E-state index contributed by atoms with van der Waals surface area (Å²) in [6.07, 6.45) is -3.25. The van der Waals surface area contributed by atoms with Gasteiger partial charge in [-0.25, -0.2) is 4.98 Å². The van der Waals surface area contributed by atoms with Crippen molar-refractivity contribution < 1.29 is 22.8 Å². The predicted octanol–water partition coefficient (Wildman–Crippen LogP) is 2.74. The Balaban J connectivity index is 1.32. The van der Waals surface area contributed by atoms with E-state index in [0.29, 0.717) is 31.9 Å². The van der Waals surface area contributed by atoms with Gasteiger partial charge >= 0.3 is 6.18 Å². The number of carbonyl (C=O) groups excluding carboxylic acids is 2. The Morgan fingerprint density at radius 3 is 2.74 bits per heavy atom. The normalized spacial score (nSPS) is 18.6. The zero-order chi connectivity index (χ0) is 22.2. The molecule has 2 amide bonds. The topological polar surface area (TPSA) is 77.6 Å². The number of pyridine rings is 1. The molecular weight excluding hydrogens is 411 g/mol. The van der Waals surface area contributed by atoms with Gasteiger partial charge in [0.05, 0.1) is 18.5 Å². The molecule has 4 rings (SSSR count). The number of carbonyl (C=O) groups is 2. The van der Waals surface area contributed by atoms with Crippen molar-refractivity contribution in [3.63, 3.8) is 0 Å². The molecule has 0 spiro atoms. The van der Waals surface area contributed by atoms with Crippen molar-refractivity contribution in [1.82, 2.24) is 9.88 Å². The summed E-state index contributed by atoms with van der Waals surface area (Å²) in [5, 5.41) is 5.87. The largest absolute Gasteiger partial charge is 0.417 e. The first-order valence-electron chi connectivity index (χ1n) is 9.95. The van der Waals surface area contributed by atoms with Gasteiger partial charge in [0.2, 0.25) is 11.8 Å². The second-order valence-electron chi connectivity index (χ2n) is 7.74. The molecule has 0 unspecified atom stereocenters. The Hall–Kier alpha value is -3.30. The number of hydrogen-bond acceptors (Lipinski definition) is 5. The van der Waals surface area contributed by atoms with Gasteiger partial charge in [0, 0.05) is 43.2 Å². The summed E-state index contributed by atoms with van der Waals surface area (Å²) in [6, 6.07) is 7.79. The first kappa shape index (κ1) is 21.0. The van der Waals surface area contributed by atoms with Crippen LogP contribution in [-0.2, 0) is 22.2 Å². The number of fused-ring (bicyclic) bond motifs is 1. The minimum absolute atomic E-state index is 0.0439. The highest BCUT2D eigenvalue weighted by atomic mass is 19.4. The van der Waals surface area contributed by atoms with Crippen molar-refractivity contribution >= 4 is 29.0 Å². The molecule has 164 valence electrons. The molecule has 3 heterocycles. The molecule has 2 N–H and O–H groups in total. The fourth-order valence-corrected chi connectivity index (χ4v) is 3.88. The van der Waals surface area contributed by atoms with Gasteiger partial charge in [-0.3, -0.25) is 9.59 Å². The van der Waals surface area contributed by atoms with Gasteiger partial charge in [0.25, 0.3) is 0 Å². The summed E-state index contributed by atoms with van der Waals surface area (Å²) in [4.78, 5) is 31.7. The molecule has 10 heteroatoms. The van der Waals surface area contributed by atoms with Crippen LogP contribution >= 0.6 is 0 Å². The Morgan fingerprint density at radius 2 is 2.06 bits per heavy atom. The van der Waals surface area contributed by atoms with Gasteiger partial charge in [0.1, 0.15) is 5.82 Å². The molecule has 0 radical (unpaired) electrons. The summed E-state index contributed by atoms with van der Waals surface area (Å²) >= 11 is 0. The summed E-state index contributed by atoms with van der Waals surface area (Å²) in [5.41, 5.74) is 1.68. The third-order valence-corrected chi connectivity index (χ3v) is 5.52. The van der Waals surface area contributed by atoms with Crippen LogP contribution in [0.25, 0.3) is 0 Å². The molecule has 7 nitrogen and oxygen atoms in total. The van der Waals surface area contributed by atoms with E-state index < -0.39 is 11.7 Å². The molecule has 1 atom stereocenters. The number of nitrogens with one attached hydrogen (secondary N) is 2. The highest BCUT2D eigenvalue weighted by Gasteiger charge is 2.32. The molecule has 1 aromatic heterocycles. The number of hydrogen-bond donors (Lipinski definition) is 2. The quantitative estimate of drug-likeness (QED) is 0.776. The monoisotopic (exact) mass is 433 g/mol. The van der Waals surface area contributed by atoms with Crippen LogP contribution in [0, 0.1) is 0 Å². The van der Waals surface area contributed by atoms with Crippen LogP contribution in [0.3, 0.4) is 0 Å². The fraction of sp³-hybridized carbons (Fsp3) is 0.381. The second kappa shape index (κ2) is 8.09. The van der Waals surface area contributed by atoms with E-state index in [0.717, 1.165) is 29.2 Å². The summed E-state index contributed by atoms with van der Waals surface area (Å²) in [5.74, 6) is 0.353. The van der Waals surface area contributed by atoms with Crippen molar-refractivity contribution in [3.8, 4) is 0 Å². The summed E-state index contributed by atoms with van der Waals surface area (Å²) in [7, 11) is 0. The third kappa shape index (κ3) is 4.57. The number of aromatic nitrogens is 1. The summed E-state index contributed by atoms with van der Waals surface area (Å²) < 4.78 is 38.2. The maximum Gasteiger partial charge on any atom is 0.417 e. The molecule has 1 fully saturated rings. The van der Waals surface area contributed by atoms with Gasteiger partial charge in [0.15, 0.2) is 0 Å². The highest BCUT2D eigenvalue weighted by molar-refractivity contribution is 5.99. The van der Waals surface area contributed by atoms with Gasteiger partial charge in [-0.05, 0) is 42.8 Å². The van der Waals surface area contributed by atoms with E-state index in [4.69, 9.17) is 0 Å². The van der Waals surface area contributed by atoms with Gasteiger partial charge in [-0.2, -0.15) is 13.2 Å². The van der Waals surface area contributed by atoms with E-state index in [1.807, 2.05) is 30.0 Å². The summed E-state index contributed by atoms with van der Waals surface area (Å²) in [6.45, 7) is 3.42. The maximum absolute atomic E-state index is 12.7. The number of rotatable bonds is 4. The van der Waals surface area contributed by atoms with E-state index >= 15 is 0 Å². The Labute approximate surface area is 177 Å². The zero-order valence-electron chi connectivity index (χ0n) is 16.9. The zero-order valence-corrected chi connectivity index (χ0v) is 16.9. The SMILES string of the molecule is C[C@@H]1CN(C(=O)CNc2ccc3c(c2)CC(=O)N3)CCN1c1ccc(C(F)(F)F)cn1. The van der Waals surface area contributed by atoms with Crippen LogP contribution in [0.1, 0.15) is 18.1 Å². The Morgan fingerprint density at radius 1 is 1.26 bits per heavy atom. The molecule has 0 bridgehead atoms. The first-order valence-corrected chi connectivity index (χ1v) is 9.95. The molecule has 0 aliphatic carbocycles. The van der Waals surface area contributed by atoms with Gasteiger partial charge in [-0.15, -0.1) is 0 Å². The smallest absolute Gasteiger partial charge is 0.376 e. The first-order chi connectivity index (χ1) is 14.7. The van der Waals surface area contributed by atoms with E-state index in [2.05, 4.69) is 15.6 Å². The lowest BCUT2D eigenvalue weighted by Gasteiger charge is -2.40. The molecule has 0 saturated carbocycles. The van der Waals surface area contributed by atoms with Crippen LogP contribution in [-0.4, -0.2) is 53.9 Å².